The highest BCUT2D eigenvalue weighted by Gasteiger charge is 2.48. The maximum Gasteiger partial charge on any atom is 0.307 e. The van der Waals surface area contributed by atoms with E-state index in [9.17, 15) is 29.9 Å². The molecule has 0 aromatic carbocycles. The van der Waals surface area contributed by atoms with Crippen LogP contribution in [0.5, 0.6) is 0 Å². The van der Waals surface area contributed by atoms with Crippen LogP contribution < -0.4 is 0 Å². The van der Waals surface area contributed by atoms with E-state index in [-0.39, 0.29) is 18.7 Å². The number of aliphatic carboxylic acids is 1. The van der Waals surface area contributed by atoms with E-state index in [1.165, 1.54) is 0 Å². The molecule has 7 heteroatoms. The smallest absolute Gasteiger partial charge is 0.307 e. The molecule has 5 atom stereocenters. The van der Waals surface area contributed by atoms with Crippen molar-refractivity contribution in [1.82, 2.24) is 0 Å². The Balaban J connectivity index is 3.12. The van der Waals surface area contributed by atoms with Gasteiger partial charge in [-0.3, -0.25) is 19.7 Å². The van der Waals surface area contributed by atoms with Crippen molar-refractivity contribution in [3.63, 3.8) is 0 Å². The molecule has 0 radical (unpaired) electrons. The highest BCUT2D eigenvalue weighted by molar-refractivity contribution is 5.89. The highest BCUT2D eigenvalue weighted by atomic mass is 16.6. The zero-order chi connectivity index (χ0) is 22.0. The molecular formula is C22H35NO6. The molecular weight excluding hydrogens is 374 g/mol. The number of hydrogen-bond donors (Lipinski definition) is 2. The zero-order valence-electron chi connectivity index (χ0n) is 17.8. The monoisotopic (exact) mass is 409 g/mol. The summed E-state index contributed by atoms with van der Waals surface area (Å²) in [7, 11) is 0. The molecule has 0 bridgehead atoms. The van der Waals surface area contributed by atoms with Gasteiger partial charge < -0.3 is 10.2 Å². The number of allylic oxidation sites excluding steroid dienone is 3. The van der Waals surface area contributed by atoms with Gasteiger partial charge in [-0.1, -0.05) is 50.5 Å². The van der Waals surface area contributed by atoms with E-state index in [0.717, 1.165) is 19.3 Å². The molecule has 0 heterocycles. The fourth-order valence-electron chi connectivity index (χ4n) is 4.22. The summed E-state index contributed by atoms with van der Waals surface area (Å²) in [6, 6.07) is 0. The maximum atomic E-state index is 12.7. The fourth-order valence-corrected chi connectivity index (χ4v) is 4.22. The van der Waals surface area contributed by atoms with Crippen molar-refractivity contribution in [2.24, 2.45) is 23.7 Å². The number of unbranched alkanes of at least 4 members (excludes halogenated alkanes) is 2. The Bertz CT molecular complexity index is 625. The van der Waals surface area contributed by atoms with E-state index in [4.69, 9.17) is 0 Å². The van der Waals surface area contributed by atoms with Crippen molar-refractivity contribution >= 4 is 11.8 Å². The van der Waals surface area contributed by atoms with Crippen LogP contribution in [-0.4, -0.2) is 39.0 Å². The normalized spacial score (nSPS) is 25.5. The van der Waals surface area contributed by atoms with Crippen molar-refractivity contribution in [2.45, 2.75) is 71.3 Å². The van der Waals surface area contributed by atoms with Gasteiger partial charge in [0.15, 0.2) is 0 Å². The highest BCUT2D eigenvalue weighted by Crippen LogP contribution is 2.42. The molecule has 0 spiro atoms. The molecule has 1 aliphatic rings. The lowest BCUT2D eigenvalue weighted by Gasteiger charge is -2.26. The second-order valence-electron chi connectivity index (χ2n) is 8.31. The third-order valence-electron chi connectivity index (χ3n) is 5.77. The predicted molar refractivity (Wildman–Crippen MR) is 111 cm³/mol. The molecule has 0 aromatic heterocycles. The summed E-state index contributed by atoms with van der Waals surface area (Å²) in [5, 5.41) is 31.4. The summed E-state index contributed by atoms with van der Waals surface area (Å²) in [4.78, 5) is 35.2. The van der Waals surface area contributed by atoms with Gasteiger partial charge in [-0.25, -0.2) is 0 Å². The van der Waals surface area contributed by atoms with Crippen molar-refractivity contribution in [2.75, 3.05) is 6.54 Å². The van der Waals surface area contributed by atoms with Gasteiger partial charge in [0.05, 0.1) is 11.5 Å². The van der Waals surface area contributed by atoms with E-state index in [1.54, 1.807) is 19.1 Å². The summed E-state index contributed by atoms with van der Waals surface area (Å²) in [6.07, 6.45) is 11.2. The van der Waals surface area contributed by atoms with E-state index in [1.807, 2.05) is 19.1 Å². The van der Waals surface area contributed by atoms with Gasteiger partial charge in [-0.15, -0.1) is 0 Å². The lowest BCUT2D eigenvalue weighted by atomic mass is 9.77. The van der Waals surface area contributed by atoms with E-state index in [2.05, 4.69) is 6.92 Å². The average Bonchev–Trinajstić information content (AvgIpc) is 2.91. The van der Waals surface area contributed by atoms with Gasteiger partial charge in [0, 0.05) is 23.2 Å². The number of carboxylic acid groups (broad SMARTS) is 1. The number of aliphatic hydroxyl groups is 1. The first kappa shape index (κ1) is 25.0. The standard InChI is InChI=1S/C22H35NO6/c1-4-6-8-10-18(21(25)26)20-17(16(14-19(20)24)15-23(28)29)11-13-22(3,27)12-9-7-5-2/h4,6,11,13,16-18,20,27H,5,7-10,12,14-15H2,1-3H3,(H,25,26). The van der Waals surface area contributed by atoms with Crippen LogP contribution in [0, 0.1) is 33.8 Å². The lowest BCUT2D eigenvalue weighted by Crippen LogP contribution is -2.32. The third kappa shape index (κ3) is 8.09. The molecule has 0 amide bonds. The van der Waals surface area contributed by atoms with Crippen LogP contribution in [0.25, 0.3) is 0 Å². The van der Waals surface area contributed by atoms with Crippen LogP contribution in [0.2, 0.25) is 0 Å². The summed E-state index contributed by atoms with van der Waals surface area (Å²) in [6.45, 7) is 5.21. The molecule has 1 aliphatic carbocycles. The lowest BCUT2D eigenvalue weighted by molar-refractivity contribution is -0.489. The maximum absolute atomic E-state index is 12.7. The largest absolute Gasteiger partial charge is 0.481 e. The van der Waals surface area contributed by atoms with Gasteiger partial charge in [-0.05, 0) is 39.0 Å². The molecule has 1 rings (SSSR count). The zero-order valence-corrected chi connectivity index (χ0v) is 17.8. The summed E-state index contributed by atoms with van der Waals surface area (Å²) in [5.41, 5.74) is -1.09. The number of carbonyl (C=O) groups excluding carboxylic acids is 1. The minimum Gasteiger partial charge on any atom is -0.481 e. The Morgan fingerprint density at radius 3 is 2.66 bits per heavy atom. The summed E-state index contributed by atoms with van der Waals surface area (Å²) in [5.74, 6) is -4.08. The van der Waals surface area contributed by atoms with Gasteiger partial charge in [0.25, 0.3) is 0 Å². The van der Waals surface area contributed by atoms with Gasteiger partial charge in [0.1, 0.15) is 5.78 Å². The molecule has 164 valence electrons. The Hall–Kier alpha value is -2.02. The molecule has 7 nitrogen and oxygen atoms in total. The molecule has 5 unspecified atom stereocenters. The van der Waals surface area contributed by atoms with E-state index in [0.29, 0.717) is 19.3 Å². The molecule has 29 heavy (non-hydrogen) atoms. The molecule has 1 saturated carbocycles. The second-order valence-corrected chi connectivity index (χ2v) is 8.31. The van der Waals surface area contributed by atoms with Crippen LogP contribution in [0.15, 0.2) is 24.3 Å². The molecule has 1 fully saturated rings. The van der Waals surface area contributed by atoms with Gasteiger partial charge in [0.2, 0.25) is 6.54 Å². The van der Waals surface area contributed by atoms with Crippen LogP contribution in [-0.2, 0) is 9.59 Å². The third-order valence-corrected chi connectivity index (χ3v) is 5.77. The first-order valence-corrected chi connectivity index (χ1v) is 10.5. The SMILES string of the molecule is CC=CCCC(C(=O)O)C1C(=O)CC(C[N+](=O)[O-])C1C=CC(C)(O)CCCCC. The Morgan fingerprint density at radius 2 is 2.10 bits per heavy atom. The number of hydrogen-bond acceptors (Lipinski definition) is 5. The number of nitrogens with zero attached hydrogens (tertiary/aromatic N) is 1. The second kappa shape index (κ2) is 11.9. The van der Waals surface area contributed by atoms with Crippen LogP contribution >= 0.6 is 0 Å². The molecule has 0 aromatic rings. The average molecular weight is 410 g/mol. The van der Waals surface area contributed by atoms with Crippen molar-refractivity contribution < 1.29 is 24.7 Å². The van der Waals surface area contributed by atoms with Gasteiger partial charge >= 0.3 is 5.97 Å². The van der Waals surface area contributed by atoms with Crippen molar-refractivity contribution in [3.8, 4) is 0 Å². The first-order valence-electron chi connectivity index (χ1n) is 10.5. The number of carboxylic acids is 1. The quantitative estimate of drug-likeness (QED) is 0.205. The Morgan fingerprint density at radius 1 is 1.41 bits per heavy atom. The molecule has 0 aliphatic heterocycles. The van der Waals surface area contributed by atoms with Crippen molar-refractivity contribution in [1.29, 1.82) is 0 Å². The number of ketones is 1. The van der Waals surface area contributed by atoms with Crippen molar-refractivity contribution in [3.05, 3.63) is 34.4 Å². The van der Waals surface area contributed by atoms with E-state index < -0.39 is 40.2 Å². The number of rotatable bonds is 13. The Kier molecular flexibility index (Phi) is 10.2. The fraction of sp³-hybridized carbons (Fsp3) is 0.727. The van der Waals surface area contributed by atoms with Crippen LogP contribution in [0.1, 0.15) is 65.7 Å². The molecule has 0 saturated heterocycles. The predicted octanol–water partition coefficient (Wildman–Crippen LogP) is 4.03. The summed E-state index contributed by atoms with van der Waals surface area (Å²) < 4.78 is 0. The van der Waals surface area contributed by atoms with Crippen LogP contribution in [0.3, 0.4) is 0 Å². The Labute approximate surface area is 173 Å². The first-order chi connectivity index (χ1) is 13.6. The number of nitro groups is 1. The number of carbonyl (C=O) groups is 2. The van der Waals surface area contributed by atoms with Gasteiger partial charge in [-0.2, -0.15) is 0 Å². The minimum absolute atomic E-state index is 0.00598. The van der Waals surface area contributed by atoms with Crippen LogP contribution in [0.4, 0.5) is 0 Å². The minimum atomic E-state index is -1.09. The van der Waals surface area contributed by atoms with E-state index >= 15 is 0 Å². The number of Topliss-reactive ketones (excluding diaryl/α,β-unsaturated/α-hetero) is 1. The summed E-state index contributed by atoms with van der Waals surface area (Å²) >= 11 is 0. The topological polar surface area (TPSA) is 118 Å². The molecule has 2 N–H and O–H groups in total.